The van der Waals surface area contributed by atoms with E-state index in [9.17, 15) is 10.5 Å². The van der Waals surface area contributed by atoms with E-state index in [1.54, 1.807) is 24.5 Å². The summed E-state index contributed by atoms with van der Waals surface area (Å²) < 4.78 is 0. The number of nitrogens with zero attached hydrogens (tertiary/aromatic N) is 3. The molecule has 0 amide bonds. The van der Waals surface area contributed by atoms with Crippen LogP contribution in [-0.4, -0.2) is 10.0 Å². The lowest BCUT2D eigenvalue weighted by Gasteiger charge is -2.27. The number of hydrogen-bond acceptors (Lipinski definition) is 6. The third-order valence-corrected chi connectivity index (χ3v) is 3.63. The average Bonchev–Trinajstić information content (AvgIpc) is 2.39. The first-order valence-electron chi connectivity index (χ1n) is 5.14. The van der Waals surface area contributed by atoms with Crippen LogP contribution >= 0.6 is 11.8 Å². The van der Waals surface area contributed by atoms with Crippen LogP contribution in [0.1, 0.15) is 11.5 Å². The number of allylic oxidation sites excluding steroid dienone is 1. The minimum atomic E-state index is -0.679. The average molecular weight is 255 g/mol. The molecule has 0 aromatic carbocycles. The zero-order chi connectivity index (χ0) is 13.1. The maximum absolute atomic E-state index is 9.20. The molecule has 1 aliphatic rings. The van der Waals surface area contributed by atoms with E-state index in [0.29, 0.717) is 10.6 Å². The molecule has 0 saturated carbocycles. The third kappa shape index (κ3) is 1.94. The van der Waals surface area contributed by atoms with Crippen molar-refractivity contribution in [3.05, 3.63) is 40.7 Å². The number of hydrogen-bond donors (Lipinski definition) is 2. The molecule has 5 nitrogen and oxygen atoms in total. The van der Waals surface area contributed by atoms with Crippen LogP contribution in [0.5, 0.6) is 0 Å². The Morgan fingerprint density at radius 3 is 2.78 bits per heavy atom. The van der Waals surface area contributed by atoms with E-state index >= 15 is 0 Å². The van der Waals surface area contributed by atoms with Crippen LogP contribution in [0.3, 0.4) is 0 Å². The first-order valence-corrected chi connectivity index (χ1v) is 5.96. The maximum atomic E-state index is 9.20. The second kappa shape index (κ2) is 4.91. The van der Waals surface area contributed by atoms with E-state index in [2.05, 4.69) is 11.1 Å². The molecule has 0 spiro atoms. The number of nitriles is 2. The molecule has 3 N–H and O–H groups in total. The predicted octanol–water partition coefficient (Wildman–Crippen LogP) is 1.72. The summed E-state index contributed by atoms with van der Waals surface area (Å²) in [5, 5.41) is 26.7. The normalized spacial score (nSPS) is 23.3. The summed E-state index contributed by atoms with van der Waals surface area (Å²) in [6.07, 6.45) is 3.22. The number of rotatable bonds is 1. The van der Waals surface area contributed by atoms with Crippen LogP contribution in [0.2, 0.25) is 0 Å². The van der Waals surface area contributed by atoms with Crippen molar-refractivity contribution in [2.75, 3.05) is 0 Å². The molecular formula is C12H9N5S. The maximum Gasteiger partial charge on any atom is 0.106 e. The largest absolute Gasteiger partial charge is 0.392 e. The van der Waals surface area contributed by atoms with Gasteiger partial charge < -0.3 is 5.73 Å². The number of pyridine rings is 1. The summed E-state index contributed by atoms with van der Waals surface area (Å²) in [5.41, 5.74) is 6.85. The van der Waals surface area contributed by atoms with Crippen molar-refractivity contribution >= 4 is 16.8 Å². The van der Waals surface area contributed by atoms with Crippen molar-refractivity contribution in [3.63, 3.8) is 0 Å². The molecule has 6 heteroatoms. The summed E-state index contributed by atoms with van der Waals surface area (Å²) in [7, 11) is 0. The van der Waals surface area contributed by atoms with Crippen LogP contribution in [0.4, 0.5) is 0 Å². The molecule has 2 rings (SSSR count). The summed E-state index contributed by atoms with van der Waals surface area (Å²) >= 11 is 0.980. The lowest BCUT2D eigenvalue weighted by molar-refractivity contribution is 0.725. The Hall–Kier alpha value is -2.31. The highest BCUT2D eigenvalue weighted by Crippen LogP contribution is 2.42. The van der Waals surface area contributed by atoms with E-state index in [0.717, 1.165) is 17.3 Å². The van der Waals surface area contributed by atoms with Crippen molar-refractivity contribution in [1.82, 2.24) is 4.98 Å². The highest BCUT2D eigenvalue weighted by Gasteiger charge is 2.37. The molecule has 1 aromatic heterocycles. The molecule has 1 aliphatic heterocycles. The second-order valence-corrected chi connectivity index (χ2v) is 4.81. The van der Waals surface area contributed by atoms with E-state index in [-0.39, 0.29) is 5.04 Å². The smallest absolute Gasteiger partial charge is 0.106 e. The highest BCUT2D eigenvalue weighted by atomic mass is 32.2. The molecule has 0 fully saturated rings. The van der Waals surface area contributed by atoms with Gasteiger partial charge in [0.25, 0.3) is 0 Å². The molecule has 88 valence electrons. The van der Waals surface area contributed by atoms with Crippen LogP contribution in [-0.2, 0) is 0 Å². The summed E-state index contributed by atoms with van der Waals surface area (Å²) in [6, 6.07) is 7.64. The van der Waals surface area contributed by atoms with Gasteiger partial charge >= 0.3 is 0 Å². The Labute approximate surface area is 108 Å². The van der Waals surface area contributed by atoms with E-state index in [1.165, 1.54) is 0 Å². The molecule has 0 radical (unpaired) electrons. The van der Waals surface area contributed by atoms with E-state index in [4.69, 9.17) is 11.1 Å². The lowest BCUT2D eigenvalue weighted by Crippen LogP contribution is -2.26. The fraction of sp³-hybridized carbons (Fsp3) is 0.167. The molecule has 18 heavy (non-hydrogen) atoms. The second-order valence-electron chi connectivity index (χ2n) is 3.73. The number of thioether (sulfide) groups is 1. The van der Waals surface area contributed by atoms with Gasteiger partial charge in [-0.05, 0) is 11.6 Å². The Morgan fingerprint density at radius 2 is 2.22 bits per heavy atom. The van der Waals surface area contributed by atoms with Crippen molar-refractivity contribution in [3.8, 4) is 12.1 Å². The van der Waals surface area contributed by atoms with Crippen LogP contribution in [0, 0.1) is 34.0 Å². The quantitative estimate of drug-likeness (QED) is 0.793. The minimum absolute atomic E-state index is 0.169. The Morgan fingerprint density at radius 1 is 1.44 bits per heavy atom. The van der Waals surface area contributed by atoms with E-state index in [1.807, 2.05) is 6.07 Å². The molecular weight excluding hydrogens is 246 g/mol. The lowest BCUT2D eigenvalue weighted by atomic mass is 9.82. The fourth-order valence-corrected chi connectivity index (χ4v) is 2.72. The highest BCUT2D eigenvalue weighted by molar-refractivity contribution is 8.17. The van der Waals surface area contributed by atoms with Gasteiger partial charge in [0, 0.05) is 18.3 Å². The van der Waals surface area contributed by atoms with Gasteiger partial charge in [0.1, 0.15) is 5.92 Å². The third-order valence-electron chi connectivity index (χ3n) is 2.72. The van der Waals surface area contributed by atoms with E-state index < -0.39 is 11.8 Å². The molecule has 0 aliphatic carbocycles. The van der Waals surface area contributed by atoms with Gasteiger partial charge in [0.05, 0.1) is 27.8 Å². The Balaban J connectivity index is 2.59. The topological polar surface area (TPSA) is 110 Å². The number of aromatic nitrogens is 1. The van der Waals surface area contributed by atoms with Crippen molar-refractivity contribution < 1.29 is 0 Å². The molecule has 2 atom stereocenters. The molecule has 0 unspecified atom stereocenters. The minimum Gasteiger partial charge on any atom is -0.392 e. The molecule has 2 heterocycles. The van der Waals surface area contributed by atoms with Gasteiger partial charge in [-0.1, -0.05) is 17.8 Å². The Kier molecular flexibility index (Phi) is 3.31. The zero-order valence-corrected chi connectivity index (χ0v) is 10.1. The standard InChI is InChI=1S/C12H9N5S/c13-4-8-10(7-2-1-3-17-6-7)9(5-14)12(16)18-11(8)15/h1-3,6,8,10,15H,16H2/t8-,10+/m0/s1. The van der Waals surface area contributed by atoms with Crippen LogP contribution in [0.25, 0.3) is 0 Å². The van der Waals surface area contributed by atoms with Gasteiger partial charge in [-0.3, -0.25) is 10.4 Å². The summed E-state index contributed by atoms with van der Waals surface area (Å²) in [5.74, 6) is -1.18. The predicted molar refractivity (Wildman–Crippen MR) is 68.2 cm³/mol. The van der Waals surface area contributed by atoms with Gasteiger partial charge in [-0.25, -0.2) is 0 Å². The Bertz CT molecular complexity index is 593. The van der Waals surface area contributed by atoms with Crippen molar-refractivity contribution in [2.45, 2.75) is 5.92 Å². The van der Waals surface area contributed by atoms with Crippen LogP contribution < -0.4 is 5.73 Å². The number of nitrogens with one attached hydrogen (secondary N) is 1. The molecule has 0 saturated heterocycles. The summed E-state index contributed by atoms with van der Waals surface area (Å²) in [6.45, 7) is 0. The van der Waals surface area contributed by atoms with Gasteiger partial charge in [-0.2, -0.15) is 10.5 Å². The molecule has 1 aromatic rings. The van der Waals surface area contributed by atoms with Crippen LogP contribution in [0.15, 0.2) is 35.1 Å². The number of nitrogens with two attached hydrogens (primary N) is 1. The fourth-order valence-electron chi connectivity index (χ4n) is 1.89. The first kappa shape index (κ1) is 12.2. The zero-order valence-electron chi connectivity index (χ0n) is 9.29. The van der Waals surface area contributed by atoms with Gasteiger partial charge in [-0.15, -0.1) is 0 Å². The van der Waals surface area contributed by atoms with Crippen molar-refractivity contribution in [1.29, 1.82) is 15.9 Å². The van der Waals surface area contributed by atoms with Crippen molar-refractivity contribution in [2.24, 2.45) is 11.7 Å². The van der Waals surface area contributed by atoms with Gasteiger partial charge in [0.2, 0.25) is 0 Å². The molecule has 0 bridgehead atoms. The SMILES string of the molecule is N#CC1=C(N)SC(=N)[C@@H](C#N)[C@H]1c1cccnc1. The summed E-state index contributed by atoms with van der Waals surface area (Å²) in [4.78, 5) is 3.99. The first-order chi connectivity index (χ1) is 8.69. The van der Waals surface area contributed by atoms with Gasteiger partial charge in [0.15, 0.2) is 0 Å². The monoisotopic (exact) mass is 255 g/mol.